The molecule has 3 rings (SSSR count). The number of amides is 1. The number of halogens is 2. The number of imidazole rings is 1. The third-order valence-electron chi connectivity index (χ3n) is 4.33. The lowest BCUT2D eigenvalue weighted by Gasteiger charge is -2.30. The predicted octanol–water partition coefficient (Wildman–Crippen LogP) is 1.11. The van der Waals surface area contributed by atoms with Gasteiger partial charge in [-0.2, -0.15) is 0 Å². The molecule has 0 radical (unpaired) electrons. The van der Waals surface area contributed by atoms with Crippen LogP contribution in [-0.2, 0) is 4.74 Å². The fraction of sp³-hybridized carbons (Fsp3) is 0.714. The Morgan fingerprint density at radius 2 is 2.18 bits per heavy atom. The van der Waals surface area contributed by atoms with E-state index >= 15 is 0 Å². The molecule has 2 heterocycles. The maximum absolute atomic E-state index is 12.7. The molecule has 1 aromatic heterocycles. The molecule has 0 aromatic carbocycles. The number of carbonyl (C=O) groups excluding carboxylic acids is 1. The van der Waals surface area contributed by atoms with Crippen LogP contribution < -0.4 is 5.73 Å². The Kier molecular flexibility index (Phi) is 4.14. The summed E-state index contributed by atoms with van der Waals surface area (Å²) in [5.41, 5.74) is 5.53. The summed E-state index contributed by atoms with van der Waals surface area (Å²) < 4.78 is 30.5. The number of aromatic amines is 1. The molecular weight excluding hydrogens is 294 g/mol. The number of hydrogen-bond acceptors (Lipinski definition) is 4. The fourth-order valence-electron chi connectivity index (χ4n) is 2.79. The van der Waals surface area contributed by atoms with Crippen molar-refractivity contribution in [2.45, 2.75) is 37.2 Å². The van der Waals surface area contributed by atoms with Crippen molar-refractivity contribution < 1.29 is 18.3 Å². The topological polar surface area (TPSA) is 84.2 Å². The zero-order valence-electron chi connectivity index (χ0n) is 12.2. The van der Waals surface area contributed by atoms with E-state index < -0.39 is 17.9 Å². The van der Waals surface area contributed by atoms with Crippen LogP contribution in [0.25, 0.3) is 0 Å². The van der Waals surface area contributed by atoms with E-state index in [0.717, 1.165) is 31.8 Å². The SMILES string of the molecule is NC(=O)c1cnc(C2CCN(CCOC3CC3(F)F)CC2)[nH]1. The van der Waals surface area contributed by atoms with Gasteiger partial charge in [-0.1, -0.05) is 0 Å². The lowest BCUT2D eigenvalue weighted by Crippen LogP contribution is -2.35. The Labute approximate surface area is 127 Å². The second-order valence-corrected chi connectivity index (χ2v) is 5.99. The minimum Gasteiger partial charge on any atom is -0.370 e. The number of aromatic nitrogens is 2. The van der Waals surface area contributed by atoms with Gasteiger partial charge in [-0.05, 0) is 25.9 Å². The first kappa shape index (κ1) is 15.4. The zero-order chi connectivity index (χ0) is 15.7. The van der Waals surface area contributed by atoms with Crippen LogP contribution in [0.5, 0.6) is 0 Å². The normalized spacial score (nSPS) is 25.3. The van der Waals surface area contributed by atoms with E-state index in [4.69, 9.17) is 10.5 Å². The van der Waals surface area contributed by atoms with Crippen LogP contribution >= 0.6 is 0 Å². The van der Waals surface area contributed by atoms with Crippen molar-refractivity contribution in [2.75, 3.05) is 26.2 Å². The van der Waals surface area contributed by atoms with Crippen molar-refractivity contribution in [3.8, 4) is 0 Å². The average Bonchev–Trinajstić information content (AvgIpc) is 2.91. The highest BCUT2D eigenvalue weighted by atomic mass is 19.3. The molecule has 0 bridgehead atoms. The van der Waals surface area contributed by atoms with E-state index in [1.165, 1.54) is 6.20 Å². The van der Waals surface area contributed by atoms with Crippen LogP contribution in [0.3, 0.4) is 0 Å². The molecular formula is C14H20F2N4O2. The number of primary amides is 1. The van der Waals surface area contributed by atoms with Gasteiger partial charge in [0.05, 0.1) is 12.8 Å². The van der Waals surface area contributed by atoms with Crippen LogP contribution in [0.2, 0.25) is 0 Å². The van der Waals surface area contributed by atoms with E-state index in [0.29, 0.717) is 18.8 Å². The Hall–Kier alpha value is -1.54. The summed E-state index contributed by atoms with van der Waals surface area (Å²) in [6.45, 7) is 2.74. The van der Waals surface area contributed by atoms with Gasteiger partial charge < -0.3 is 20.4 Å². The van der Waals surface area contributed by atoms with Gasteiger partial charge in [-0.3, -0.25) is 4.79 Å². The van der Waals surface area contributed by atoms with Gasteiger partial charge in [-0.25, -0.2) is 13.8 Å². The highest BCUT2D eigenvalue weighted by molar-refractivity contribution is 5.90. The molecule has 122 valence electrons. The van der Waals surface area contributed by atoms with Crippen molar-refractivity contribution in [1.29, 1.82) is 0 Å². The molecule has 1 aliphatic heterocycles. The largest absolute Gasteiger partial charge is 0.370 e. The summed E-state index contributed by atoms with van der Waals surface area (Å²) >= 11 is 0. The first-order valence-corrected chi connectivity index (χ1v) is 7.52. The van der Waals surface area contributed by atoms with E-state index in [9.17, 15) is 13.6 Å². The van der Waals surface area contributed by atoms with Gasteiger partial charge in [0.15, 0.2) is 0 Å². The Balaban J connectivity index is 1.39. The number of rotatable bonds is 6. The summed E-state index contributed by atoms with van der Waals surface area (Å²) in [4.78, 5) is 20.4. The number of likely N-dealkylation sites (tertiary alicyclic amines) is 1. The molecule has 6 nitrogen and oxygen atoms in total. The Bertz CT molecular complexity index is 541. The summed E-state index contributed by atoms with van der Waals surface area (Å²) in [6, 6.07) is 0. The van der Waals surface area contributed by atoms with Crippen molar-refractivity contribution >= 4 is 5.91 Å². The zero-order valence-corrected chi connectivity index (χ0v) is 12.2. The molecule has 1 saturated heterocycles. The van der Waals surface area contributed by atoms with Crippen LogP contribution in [0.4, 0.5) is 8.78 Å². The van der Waals surface area contributed by atoms with E-state index in [2.05, 4.69) is 14.9 Å². The summed E-state index contributed by atoms with van der Waals surface area (Å²) in [5, 5.41) is 0. The molecule has 2 fully saturated rings. The van der Waals surface area contributed by atoms with Gasteiger partial charge >= 0.3 is 0 Å². The highest BCUT2D eigenvalue weighted by Crippen LogP contribution is 2.44. The molecule has 0 spiro atoms. The quantitative estimate of drug-likeness (QED) is 0.824. The predicted molar refractivity (Wildman–Crippen MR) is 74.8 cm³/mol. The van der Waals surface area contributed by atoms with E-state index in [-0.39, 0.29) is 12.3 Å². The van der Waals surface area contributed by atoms with E-state index in [1.54, 1.807) is 0 Å². The van der Waals surface area contributed by atoms with Crippen molar-refractivity contribution in [3.63, 3.8) is 0 Å². The Morgan fingerprint density at radius 3 is 2.73 bits per heavy atom. The number of H-pyrrole nitrogens is 1. The summed E-state index contributed by atoms with van der Waals surface area (Å²) in [6.07, 6.45) is 2.26. The molecule has 22 heavy (non-hydrogen) atoms. The summed E-state index contributed by atoms with van der Waals surface area (Å²) in [5.74, 6) is -2.05. The lowest BCUT2D eigenvalue weighted by atomic mass is 9.96. The minimum absolute atomic E-state index is 0.143. The monoisotopic (exact) mass is 314 g/mol. The number of piperidine rings is 1. The second-order valence-electron chi connectivity index (χ2n) is 5.99. The van der Waals surface area contributed by atoms with Gasteiger partial charge in [0.25, 0.3) is 11.8 Å². The first-order valence-electron chi connectivity index (χ1n) is 7.52. The molecule has 1 amide bonds. The molecule has 1 saturated carbocycles. The van der Waals surface area contributed by atoms with Gasteiger partial charge in [0, 0.05) is 18.9 Å². The average molecular weight is 314 g/mol. The number of carbonyl (C=O) groups is 1. The van der Waals surface area contributed by atoms with Gasteiger partial charge in [0.1, 0.15) is 17.6 Å². The van der Waals surface area contributed by atoms with Crippen LogP contribution in [0.15, 0.2) is 6.20 Å². The van der Waals surface area contributed by atoms with Crippen molar-refractivity contribution in [1.82, 2.24) is 14.9 Å². The molecule has 1 aromatic rings. The molecule has 1 unspecified atom stereocenters. The minimum atomic E-state index is -2.61. The van der Waals surface area contributed by atoms with Crippen molar-refractivity contribution in [3.05, 3.63) is 17.7 Å². The first-order chi connectivity index (χ1) is 10.5. The number of nitrogens with two attached hydrogens (primary N) is 1. The number of nitrogens with zero attached hydrogens (tertiary/aromatic N) is 2. The van der Waals surface area contributed by atoms with Crippen LogP contribution in [-0.4, -0.2) is 59.0 Å². The van der Waals surface area contributed by atoms with Crippen LogP contribution in [0, 0.1) is 0 Å². The lowest BCUT2D eigenvalue weighted by molar-refractivity contribution is 0.00443. The number of alkyl halides is 2. The molecule has 2 aliphatic rings. The van der Waals surface area contributed by atoms with Gasteiger partial charge in [-0.15, -0.1) is 0 Å². The molecule has 1 atom stereocenters. The third kappa shape index (κ3) is 3.44. The van der Waals surface area contributed by atoms with Crippen molar-refractivity contribution in [2.24, 2.45) is 5.73 Å². The van der Waals surface area contributed by atoms with Gasteiger partial charge in [0.2, 0.25) is 0 Å². The molecule has 1 aliphatic carbocycles. The standard InChI is InChI=1S/C14H20F2N4O2/c15-14(16)7-11(14)22-6-5-20-3-1-9(2-4-20)13-18-8-10(19-13)12(17)21/h8-9,11H,1-7H2,(H2,17,21)(H,18,19). The molecule has 8 heteroatoms. The Morgan fingerprint density at radius 1 is 1.50 bits per heavy atom. The number of ether oxygens (including phenoxy) is 1. The van der Waals surface area contributed by atoms with E-state index in [1.807, 2.05) is 0 Å². The fourth-order valence-corrected chi connectivity index (χ4v) is 2.79. The maximum atomic E-state index is 12.7. The summed E-state index contributed by atoms with van der Waals surface area (Å²) in [7, 11) is 0. The smallest absolute Gasteiger partial charge is 0.276 e. The number of hydrogen-bond donors (Lipinski definition) is 2. The highest BCUT2D eigenvalue weighted by Gasteiger charge is 2.58. The third-order valence-corrected chi connectivity index (χ3v) is 4.33. The molecule has 3 N–H and O–H groups in total. The number of nitrogens with one attached hydrogen (secondary N) is 1. The maximum Gasteiger partial charge on any atom is 0.276 e. The van der Waals surface area contributed by atoms with Crippen LogP contribution in [0.1, 0.15) is 41.5 Å². The second kappa shape index (κ2) is 5.92.